The van der Waals surface area contributed by atoms with Crippen LogP contribution in [0.15, 0.2) is 78.9 Å². The zero-order chi connectivity index (χ0) is 18.8. The molecule has 0 saturated heterocycles. The molecule has 0 aliphatic rings. The fourth-order valence-corrected chi connectivity index (χ4v) is 3.04. The van der Waals surface area contributed by atoms with E-state index in [-0.39, 0.29) is 11.6 Å². The molecule has 2 nitrogen and oxygen atoms in total. The second-order valence-corrected chi connectivity index (χ2v) is 6.65. The molecule has 4 rings (SSSR count). The monoisotopic (exact) mass is 380 g/mol. The van der Waals surface area contributed by atoms with E-state index in [4.69, 9.17) is 16.7 Å². The molecule has 0 N–H and O–H groups in total. The Bertz CT molecular complexity index is 1050. The van der Waals surface area contributed by atoms with Crippen LogP contribution in [-0.4, -0.2) is 9.78 Å². The van der Waals surface area contributed by atoms with Crippen LogP contribution in [0, 0.1) is 11.6 Å². The molecule has 5 heteroatoms. The van der Waals surface area contributed by atoms with Crippen LogP contribution in [0.1, 0.15) is 5.56 Å². The second kappa shape index (κ2) is 7.33. The van der Waals surface area contributed by atoms with Gasteiger partial charge in [-0.2, -0.15) is 5.10 Å². The van der Waals surface area contributed by atoms with Crippen LogP contribution in [0.3, 0.4) is 0 Å². The largest absolute Gasteiger partial charge is 0.260 e. The summed E-state index contributed by atoms with van der Waals surface area (Å²) in [6, 6.07) is 22.0. The second-order valence-electron chi connectivity index (χ2n) is 6.21. The smallest absolute Gasteiger partial charge is 0.123 e. The molecule has 0 radical (unpaired) electrons. The maximum absolute atomic E-state index is 13.3. The van der Waals surface area contributed by atoms with Gasteiger partial charge in [0.1, 0.15) is 11.6 Å². The minimum absolute atomic E-state index is 0.290. The molecule has 0 fully saturated rings. The molecule has 0 unspecified atom stereocenters. The lowest BCUT2D eigenvalue weighted by molar-refractivity contribution is 0.627. The minimum Gasteiger partial charge on any atom is -0.260 e. The van der Waals surface area contributed by atoms with Crippen molar-refractivity contribution >= 4 is 11.6 Å². The Hall–Kier alpha value is -2.98. The van der Waals surface area contributed by atoms with E-state index in [1.807, 2.05) is 35.0 Å². The quantitative estimate of drug-likeness (QED) is 0.412. The highest BCUT2D eigenvalue weighted by Gasteiger charge is 2.12. The van der Waals surface area contributed by atoms with Crippen molar-refractivity contribution in [3.05, 3.63) is 101 Å². The Balaban J connectivity index is 1.77. The topological polar surface area (TPSA) is 17.8 Å². The fraction of sp³-hybridized carbons (Fsp3) is 0.0455. The molecule has 134 valence electrons. The Labute approximate surface area is 160 Å². The maximum atomic E-state index is 13.3. The first-order valence-electron chi connectivity index (χ1n) is 8.43. The number of hydrogen-bond donors (Lipinski definition) is 0. The van der Waals surface area contributed by atoms with Gasteiger partial charge in [0.25, 0.3) is 0 Å². The van der Waals surface area contributed by atoms with Crippen LogP contribution < -0.4 is 0 Å². The molecule has 27 heavy (non-hydrogen) atoms. The van der Waals surface area contributed by atoms with Gasteiger partial charge in [-0.15, -0.1) is 0 Å². The van der Waals surface area contributed by atoms with E-state index in [1.165, 1.54) is 24.3 Å². The van der Waals surface area contributed by atoms with Gasteiger partial charge >= 0.3 is 0 Å². The lowest BCUT2D eigenvalue weighted by atomic mass is 10.1. The van der Waals surface area contributed by atoms with Crippen molar-refractivity contribution in [1.29, 1.82) is 0 Å². The molecule has 0 aliphatic heterocycles. The van der Waals surface area contributed by atoms with Gasteiger partial charge < -0.3 is 0 Å². The van der Waals surface area contributed by atoms with Crippen molar-refractivity contribution in [2.45, 2.75) is 6.54 Å². The van der Waals surface area contributed by atoms with Gasteiger partial charge in [-0.1, -0.05) is 23.7 Å². The van der Waals surface area contributed by atoms with Crippen LogP contribution >= 0.6 is 11.6 Å². The van der Waals surface area contributed by atoms with Crippen LogP contribution in [0.25, 0.3) is 22.5 Å². The first-order valence-corrected chi connectivity index (χ1v) is 8.80. The summed E-state index contributed by atoms with van der Waals surface area (Å²) in [6.07, 6.45) is 0. The number of hydrogen-bond acceptors (Lipinski definition) is 1. The fourth-order valence-electron chi connectivity index (χ4n) is 2.91. The zero-order valence-corrected chi connectivity index (χ0v) is 15.0. The third kappa shape index (κ3) is 3.91. The lowest BCUT2D eigenvalue weighted by Gasteiger charge is -2.08. The molecule has 1 heterocycles. The van der Waals surface area contributed by atoms with E-state index in [0.717, 1.165) is 28.1 Å². The molecular weight excluding hydrogens is 366 g/mol. The van der Waals surface area contributed by atoms with Crippen molar-refractivity contribution in [2.24, 2.45) is 0 Å². The SMILES string of the molecule is Fc1ccc(-c2cc(-c3ccc(F)cc3)n(Cc3ccc(Cl)cc3)n2)cc1. The molecule has 0 atom stereocenters. The van der Waals surface area contributed by atoms with Gasteiger partial charge in [0.2, 0.25) is 0 Å². The van der Waals surface area contributed by atoms with Gasteiger partial charge in [-0.3, -0.25) is 4.68 Å². The molecule has 0 bridgehead atoms. The third-order valence-corrected chi connectivity index (χ3v) is 4.56. The first-order chi connectivity index (χ1) is 13.1. The van der Waals surface area contributed by atoms with Gasteiger partial charge in [0.15, 0.2) is 0 Å². The van der Waals surface area contributed by atoms with Crippen molar-refractivity contribution in [2.75, 3.05) is 0 Å². The normalized spacial score (nSPS) is 10.9. The van der Waals surface area contributed by atoms with Crippen molar-refractivity contribution in [3.63, 3.8) is 0 Å². The van der Waals surface area contributed by atoms with Crippen LogP contribution in [0.2, 0.25) is 5.02 Å². The number of benzene rings is 3. The molecule has 0 saturated carbocycles. The summed E-state index contributed by atoms with van der Waals surface area (Å²) in [6.45, 7) is 0.533. The third-order valence-electron chi connectivity index (χ3n) is 4.31. The standard InChI is InChI=1S/C22H15ClF2N2/c23-18-7-1-15(2-8-18)14-27-22(17-5-11-20(25)12-6-17)13-21(26-27)16-3-9-19(24)10-4-16/h1-13H,14H2. The molecule has 4 aromatic rings. The molecule has 0 amide bonds. The van der Waals surface area contributed by atoms with E-state index in [0.29, 0.717) is 11.6 Å². The first kappa shape index (κ1) is 17.4. The van der Waals surface area contributed by atoms with E-state index in [9.17, 15) is 8.78 Å². The number of nitrogens with zero attached hydrogens (tertiary/aromatic N) is 2. The molecule has 3 aromatic carbocycles. The van der Waals surface area contributed by atoms with E-state index in [1.54, 1.807) is 24.3 Å². The summed E-state index contributed by atoms with van der Waals surface area (Å²) in [5, 5.41) is 5.37. The Morgan fingerprint density at radius 3 is 1.89 bits per heavy atom. The maximum Gasteiger partial charge on any atom is 0.123 e. The molecule has 1 aromatic heterocycles. The van der Waals surface area contributed by atoms with Gasteiger partial charge in [0.05, 0.1) is 17.9 Å². The number of rotatable bonds is 4. The molecular formula is C22H15ClF2N2. The van der Waals surface area contributed by atoms with Crippen LogP contribution in [0.5, 0.6) is 0 Å². The Kier molecular flexibility index (Phi) is 4.73. The van der Waals surface area contributed by atoms with Crippen molar-refractivity contribution in [1.82, 2.24) is 9.78 Å². The highest BCUT2D eigenvalue weighted by Crippen LogP contribution is 2.27. The Morgan fingerprint density at radius 1 is 0.741 bits per heavy atom. The van der Waals surface area contributed by atoms with E-state index >= 15 is 0 Å². The number of aromatic nitrogens is 2. The number of halogens is 3. The molecule has 0 aliphatic carbocycles. The van der Waals surface area contributed by atoms with Crippen LogP contribution in [-0.2, 0) is 6.54 Å². The minimum atomic E-state index is -0.293. The summed E-state index contributed by atoms with van der Waals surface area (Å²) in [5.74, 6) is -0.584. The average Bonchev–Trinajstić information content (AvgIpc) is 3.08. The van der Waals surface area contributed by atoms with Crippen molar-refractivity contribution in [3.8, 4) is 22.5 Å². The Morgan fingerprint density at radius 2 is 1.30 bits per heavy atom. The zero-order valence-electron chi connectivity index (χ0n) is 14.2. The predicted molar refractivity (Wildman–Crippen MR) is 104 cm³/mol. The van der Waals surface area contributed by atoms with E-state index < -0.39 is 0 Å². The summed E-state index contributed by atoms with van der Waals surface area (Å²) >= 11 is 5.96. The summed E-state index contributed by atoms with van der Waals surface area (Å²) in [4.78, 5) is 0. The molecule has 0 spiro atoms. The average molecular weight is 381 g/mol. The van der Waals surface area contributed by atoms with Crippen molar-refractivity contribution < 1.29 is 8.78 Å². The summed E-state index contributed by atoms with van der Waals surface area (Å²) in [7, 11) is 0. The summed E-state index contributed by atoms with van der Waals surface area (Å²) in [5.41, 5.74) is 4.28. The summed E-state index contributed by atoms with van der Waals surface area (Å²) < 4.78 is 28.4. The highest BCUT2D eigenvalue weighted by molar-refractivity contribution is 6.30. The van der Waals surface area contributed by atoms with E-state index in [2.05, 4.69) is 0 Å². The predicted octanol–water partition coefficient (Wildman–Crippen LogP) is 6.20. The van der Waals surface area contributed by atoms with Gasteiger partial charge in [0, 0.05) is 16.1 Å². The lowest BCUT2D eigenvalue weighted by Crippen LogP contribution is -2.04. The van der Waals surface area contributed by atoms with Gasteiger partial charge in [-0.25, -0.2) is 8.78 Å². The van der Waals surface area contributed by atoms with Crippen LogP contribution in [0.4, 0.5) is 8.78 Å². The highest BCUT2D eigenvalue weighted by atomic mass is 35.5. The van der Waals surface area contributed by atoms with Gasteiger partial charge in [-0.05, 0) is 72.3 Å².